The van der Waals surface area contributed by atoms with E-state index in [-0.39, 0.29) is 11.3 Å². The Labute approximate surface area is 155 Å². The standard InChI is InChI=1S/C11H8FNS.C9H9F2N/c12-11-7-9(5-6-13-11)8-1-3-10(14)4-2-8;1-5(2)9-7(10)3-6(12)4-8(9)11/h1-7,14H;3-4H,1,12H2,2H3. The number of anilines is 1. The van der Waals surface area contributed by atoms with Crippen LogP contribution in [0.5, 0.6) is 0 Å². The highest BCUT2D eigenvalue weighted by Gasteiger charge is 2.09. The van der Waals surface area contributed by atoms with E-state index in [4.69, 9.17) is 5.73 Å². The van der Waals surface area contributed by atoms with Crippen LogP contribution in [0.15, 0.2) is 66.2 Å². The van der Waals surface area contributed by atoms with Crippen LogP contribution in [0, 0.1) is 17.6 Å². The number of benzene rings is 2. The van der Waals surface area contributed by atoms with Crippen molar-refractivity contribution in [2.24, 2.45) is 0 Å². The minimum absolute atomic E-state index is 0.0787. The van der Waals surface area contributed by atoms with Gasteiger partial charge in [0.25, 0.3) is 0 Å². The maximum atomic E-state index is 13.0. The molecule has 2 N–H and O–H groups in total. The van der Waals surface area contributed by atoms with Crippen LogP contribution in [-0.2, 0) is 0 Å². The van der Waals surface area contributed by atoms with Gasteiger partial charge < -0.3 is 5.73 Å². The summed E-state index contributed by atoms with van der Waals surface area (Å²) >= 11 is 4.18. The van der Waals surface area contributed by atoms with Crippen LogP contribution < -0.4 is 5.73 Å². The molecule has 1 aromatic heterocycles. The first kappa shape index (κ1) is 19.6. The Morgan fingerprint density at radius 3 is 2.04 bits per heavy atom. The van der Waals surface area contributed by atoms with Gasteiger partial charge in [0, 0.05) is 28.4 Å². The van der Waals surface area contributed by atoms with Crippen LogP contribution in [0.2, 0.25) is 0 Å². The molecule has 0 aliphatic rings. The molecule has 0 aliphatic carbocycles. The molecular formula is C20H17F3N2S. The molecule has 134 valence electrons. The predicted molar refractivity (Wildman–Crippen MR) is 102 cm³/mol. The van der Waals surface area contributed by atoms with Gasteiger partial charge in [-0.1, -0.05) is 18.7 Å². The van der Waals surface area contributed by atoms with Gasteiger partial charge in [-0.2, -0.15) is 4.39 Å². The van der Waals surface area contributed by atoms with E-state index >= 15 is 0 Å². The third-order valence-electron chi connectivity index (χ3n) is 3.42. The zero-order valence-electron chi connectivity index (χ0n) is 14.0. The first-order chi connectivity index (χ1) is 12.3. The molecule has 2 aromatic carbocycles. The highest BCUT2D eigenvalue weighted by atomic mass is 32.1. The van der Waals surface area contributed by atoms with Crippen molar-refractivity contribution in [2.45, 2.75) is 11.8 Å². The molecule has 6 heteroatoms. The first-order valence-corrected chi connectivity index (χ1v) is 8.04. The smallest absolute Gasteiger partial charge is 0.213 e. The van der Waals surface area contributed by atoms with E-state index in [1.54, 1.807) is 6.07 Å². The van der Waals surface area contributed by atoms with Crippen molar-refractivity contribution in [1.29, 1.82) is 0 Å². The fourth-order valence-electron chi connectivity index (χ4n) is 2.24. The molecule has 2 nitrogen and oxygen atoms in total. The van der Waals surface area contributed by atoms with E-state index < -0.39 is 17.6 Å². The van der Waals surface area contributed by atoms with Gasteiger partial charge in [0.2, 0.25) is 5.95 Å². The second-order valence-corrected chi connectivity index (χ2v) is 6.07. The zero-order chi connectivity index (χ0) is 19.3. The van der Waals surface area contributed by atoms with Crippen LogP contribution >= 0.6 is 12.6 Å². The fraction of sp³-hybridized carbons (Fsp3) is 0.0500. The Hall–Kier alpha value is -2.73. The lowest BCUT2D eigenvalue weighted by atomic mass is 10.1. The number of hydrogen-bond donors (Lipinski definition) is 2. The van der Waals surface area contributed by atoms with E-state index in [9.17, 15) is 13.2 Å². The van der Waals surface area contributed by atoms with Crippen LogP contribution in [0.25, 0.3) is 16.7 Å². The van der Waals surface area contributed by atoms with E-state index in [1.165, 1.54) is 19.2 Å². The molecule has 0 spiro atoms. The van der Waals surface area contributed by atoms with Crippen molar-refractivity contribution in [3.05, 3.63) is 84.5 Å². The Morgan fingerprint density at radius 1 is 0.962 bits per heavy atom. The lowest BCUT2D eigenvalue weighted by molar-refractivity contribution is 0.578. The van der Waals surface area contributed by atoms with Crippen molar-refractivity contribution >= 4 is 23.9 Å². The van der Waals surface area contributed by atoms with Crippen molar-refractivity contribution in [3.8, 4) is 11.1 Å². The molecule has 0 saturated carbocycles. The lowest BCUT2D eigenvalue weighted by Crippen LogP contribution is -1.95. The summed E-state index contributed by atoms with van der Waals surface area (Å²) in [6.45, 7) is 5.00. The molecule has 0 unspecified atom stereocenters. The van der Waals surface area contributed by atoms with Gasteiger partial charge in [0.1, 0.15) is 11.6 Å². The molecule has 3 rings (SSSR count). The number of rotatable bonds is 2. The van der Waals surface area contributed by atoms with Crippen LogP contribution in [0.4, 0.5) is 18.9 Å². The van der Waals surface area contributed by atoms with Crippen molar-refractivity contribution < 1.29 is 13.2 Å². The van der Waals surface area contributed by atoms with Gasteiger partial charge in [0.05, 0.1) is 0 Å². The monoisotopic (exact) mass is 374 g/mol. The van der Waals surface area contributed by atoms with Gasteiger partial charge in [-0.15, -0.1) is 12.6 Å². The summed E-state index contributed by atoms with van der Waals surface area (Å²) in [6.07, 6.45) is 1.46. The number of hydrogen-bond acceptors (Lipinski definition) is 3. The van der Waals surface area contributed by atoms with Crippen molar-refractivity contribution in [3.63, 3.8) is 0 Å². The summed E-state index contributed by atoms with van der Waals surface area (Å²) in [7, 11) is 0. The fourth-order valence-corrected chi connectivity index (χ4v) is 2.39. The summed E-state index contributed by atoms with van der Waals surface area (Å²) < 4.78 is 38.8. The Morgan fingerprint density at radius 2 is 1.54 bits per heavy atom. The van der Waals surface area contributed by atoms with E-state index in [2.05, 4.69) is 24.2 Å². The molecule has 0 atom stereocenters. The molecule has 0 saturated heterocycles. The second-order valence-electron chi connectivity index (χ2n) is 5.55. The molecule has 1 heterocycles. The number of nitrogens with zero attached hydrogens (tertiary/aromatic N) is 1. The summed E-state index contributed by atoms with van der Waals surface area (Å²) in [5, 5.41) is 0. The van der Waals surface area contributed by atoms with E-state index in [0.717, 1.165) is 28.2 Å². The predicted octanol–water partition coefficient (Wildman–Crippen LogP) is 5.76. The lowest BCUT2D eigenvalue weighted by Gasteiger charge is -2.04. The minimum atomic E-state index is -0.667. The molecule has 0 radical (unpaired) electrons. The third-order valence-corrected chi connectivity index (χ3v) is 3.72. The first-order valence-electron chi connectivity index (χ1n) is 7.59. The number of thiol groups is 1. The highest BCUT2D eigenvalue weighted by molar-refractivity contribution is 7.80. The Kier molecular flexibility index (Phi) is 6.46. The van der Waals surface area contributed by atoms with E-state index in [0.29, 0.717) is 5.57 Å². The van der Waals surface area contributed by atoms with E-state index in [1.807, 2.05) is 24.3 Å². The number of aromatic nitrogens is 1. The second kappa shape index (κ2) is 8.58. The summed E-state index contributed by atoms with van der Waals surface area (Å²) in [6, 6.07) is 12.9. The average Bonchev–Trinajstić information content (AvgIpc) is 2.54. The van der Waals surface area contributed by atoms with Crippen LogP contribution in [0.3, 0.4) is 0 Å². The number of nitrogens with two attached hydrogens (primary N) is 1. The Bertz CT molecular complexity index is 902. The van der Waals surface area contributed by atoms with Gasteiger partial charge in [0.15, 0.2) is 0 Å². The zero-order valence-corrected chi connectivity index (χ0v) is 14.9. The van der Waals surface area contributed by atoms with Crippen molar-refractivity contribution in [1.82, 2.24) is 4.98 Å². The summed E-state index contributed by atoms with van der Waals surface area (Å²) in [4.78, 5) is 4.39. The maximum absolute atomic E-state index is 13.0. The van der Waals surface area contributed by atoms with Gasteiger partial charge in [-0.05, 0) is 54.0 Å². The SMILES string of the molecule is C=C(C)c1c(F)cc(N)cc1F.Fc1cc(-c2ccc(S)cc2)ccn1. The highest BCUT2D eigenvalue weighted by Crippen LogP contribution is 2.22. The van der Waals surface area contributed by atoms with Crippen LogP contribution in [-0.4, -0.2) is 4.98 Å². The molecule has 0 fully saturated rings. The molecule has 26 heavy (non-hydrogen) atoms. The molecule has 3 aromatic rings. The Balaban J connectivity index is 0.000000190. The minimum Gasteiger partial charge on any atom is -0.399 e. The van der Waals surface area contributed by atoms with Gasteiger partial charge >= 0.3 is 0 Å². The molecular weight excluding hydrogens is 357 g/mol. The number of allylic oxidation sites excluding steroid dienone is 1. The molecule has 0 aliphatic heterocycles. The maximum Gasteiger partial charge on any atom is 0.213 e. The summed E-state index contributed by atoms with van der Waals surface area (Å²) in [5.74, 6) is -1.79. The number of nitrogen functional groups attached to an aromatic ring is 1. The summed E-state index contributed by atoms with van der Waals surface area (Å²) in [5.41, 5.74) is 7.34. The van der Waals surface area contributed by atoms with Gasteiger partial charge in [-0.25, -0.2) is 13.8 Å². The molecule has 0 bridgehead atoms. The largest absolute Gasteiger partial charge is 0.399 e. The quantitative estimate of drug-likeness (QED) is 0.340. The third kappa shape index (κ3) is 5.13. The topological polar surface area (TPSA) is 38.9 Å². The number of halogens is 3. The average molecular weight is 374 g/mol. The number of pyridine rings is 1. The van der Waals surface area contributed by atoms with Crippen LogP contribution in [0.1, 0.15) is 12.5 Å². The van der Waals surface area contributed by atoms with Crippen molar-refractivity contribution in [2.75, 3.05) is 5.73 Å². The molecule has 0 amide bonds. The van der Waals surface area contributed by atoms with Gasteiger partial charge in [-0.3, -0.25) is 0 Å². The normalized spacial score (nSPS) is 10.0.